The summed E-state index contributed by atoms with van der Waals surface area (Å²) in [6.45, 7) is 7.19. The van der Waals surface area contributed by atoms with Gasteiger partial charge >= 0.3 is 5.97 Å². The summed E-state index contributed by atoms with van der Waals surface area (Å²) in [7, 11) is 1.63. The number of carbonyl (C=O) groups is 1. The van der Waals surface area contributed by atoms with Crippen molar-refractivity contribution in [3.8, 4) is 5.75 Å². The maximum absolute atomic E-state index is 11.4. The molecule has 20 heavy (non-hydrogen) atoms. The van der Waals surface area contributed by atoms with Gasteiger partial charge in [0.05, 0.1) is 18.3 Å². The van der Waals surface area contributed by atoms with Crippen LogP contribution in [0.5, 0.6) is 5.75 Å². The summed E-state index contributed by atoms with van der Waals surface area (Å²) in [6, 6.07) is 5.79. The number of aromatic nitrogens is 1. The van der Waals surface area contributed by atoms with E-state index in [-0.39, 0.29) is 0 Å². The molecular formula is C16H19NO3. The molecule has 0 radical (unpaired) electrons. The maximum atomic E-state index is 11.4. The number of aliphatic carboxylic acids is 1. The van der Waals surface area contributed by atoms with Gasteiger partial charge < -0.3 is 9.84 Å². The Hall–Kier alpha value is -2.10. The minimum absolute atomic E-state index is 0.603. The molecule has 0 amide bonds. The van der Waals surface area contributed by atoms with Gasteiger partial charge in [0.15, 0.2) is 0 Å². The SMILES string of the molecule is COc1cc(C)c2nc(C(C)(C)C(=O)O)c(C)cc2c1. The zero-order chi connectivity index (χ0) is 15.1. The van der Waals surface area contributed by atoms with Crippen molar-refractivity contribution >= 4 is 16.9 Å². The molecule has 0 saturated carbocycles. The molecule has 1 aromatic carbocycles. The fourth-order valence-electron chi connectivity index (χ4n) is 2.39. The summed E-state index contributed by atoms with van der Waals surface area (Å²) in [5, 5.41) is 10.3. The Kier molecular flexibility index (Phi) is 3.42. The first-order valence-electron chi connectivity index (χ1n) is 6.47. The number of fused-ring (bicyclic) bond motifs is 1. The molecule has 2 aromatic rings. The topological polar surface area (TPSA) is 59.4 Å². The second-order valence-corrected chi connectivity index (χ2v) is 5.60. The average molecular weight is 273 g/mol. The van der Waals surface area contributed by atoms with Gasteiger partial charge in [0.1, 0.15) is 11.2 Å². The van der Waals surface area contributed by atoms with Crippen LogP contribution in [0, 0.1) is 13.8 Å². The van der Waals surface area contributed by atoms with Crippen molar-refractivity contribution in [1.29, 1.82) is 0 Å². The summed E-state index contributed by atoms with van der Waals surface area (Å²) in [6.07, 6.45) is 0. The summed E-state index contributed by atoms with van der Waals surface area (Å²) in [5.41, 5.74) is 2.26. The zero-order valence-electron chi connectivity index (χ0n) is 12.4. The largest absolute Gasteiger partial charge is 0.497 e. The Morgan fingerprint density at radius 1 is 1.20 bits per heavy atom. The summed E-state index contributed by atoms with van der Waals surface area (Å²) in [4.78, 5) is 16.0. The molecule has 0 spiro atoms. The van der Waals surface area contributed by atoms with Crippen molar-refractivity contribution in [2.45, 2.75) is 33.1 Å². The molecule has 4 nitrogen and oxygen atoms in total. The number of pyridine rings is 1. The van der Waals surface area contributed by atoms with Gasteiger partial charge in [-0.05, 0) is 57.0 Å². The number of ether oxygens (including phenoxy) is 1. The smallest absolute Gasteiger partial charge is 0.315 e. The molecule has 0 aliphatic heterocycles. The standard InChI is InChI=1S/C16H19NO3/c1-9-7-12(20-5)8-11-6-10(2)14(17-13(9)11)16(3,4)15(18)19/h6-8H,1-5H3,(H,18,19). The number of hydrogen-bond donors (Lipinski definition) is 1. The lowest BCUT2D eigenvalue weighted by Gasteiger charge is -2.21. The van der Waals surface area contributed by atoms with Crippen molar-refractivity contribution in [2.24, 2.45) is 0 Å². The predicted molar refractivity (Wildman–Crippen MR) is 78.4 cm³/mol. The van der Waals surface area contributed by atoms with Gasteiger partial charge in [-0.25, -0.2) is 0 Å². The van der Waals surface area contributed by atoms with Gasteiger partial charge in [-0.1, -0.05) is 0 Å². The molecular weight excluding hydrogens is 254 g/mol. The van der Waals surface area contributed by atoms with Crippen LogP contribution in [-0.4, -0.2) is 23.2 Å². The second kappa shape index (κ2) is 4.78. The van der Waals surface area contributed by atoms with Crippen LogP contribution in [0.15, 0.2) is 18.2 Å². The number of hydrogen-bond acceptors (Lipinski definition) is 3. The van der Waals surface area contributed by atoms with Gasteiger partial charge in [0.25, 0.3) is 0 Å². The summed E-state index contributed by atoms with van der Waals surface area (Å²) >= 11 is 0. The minimum Gasteiger partial charge on any atom is -0.497 e. The van der Waals surface area contributed by atoms with Crippen LogP contribution in [0.3, 0.4) is 0 Å². The van der Waals surface area contributed by atoms with E-state index < -0.39 is 11.4 Å². The molecule has 0 unspecified atom stereocenters. The Bertz CT molecular complexity index is 690. The van der Waals surface area contributed by atoms with Gasteiger partial charge in [0.2, 0.25) is 0 Å². The predicted octanol–water partition coefficient (Wildman–Crippen LogP) is 3.22. The van der Waals surface area contributed by atoms with Crippen LogP contribution in [0.2, 0.25) is 0 Å². The highest BCUT2D eigenvalue weighted by molar-refractivity contribution is 5.87. The van der Waals surface area contributed by atoms with Gasteiger partial charge in [0, 0.05) is 5.39 Å². The highest BCUT2D eigenvalue weighted by atomic mass is 16.5. The molecule has 1 heterocycles. The van der Waals surface area contributed by atoms with E-state index in [1.54, 1.807) is 21.0 Å². The molecule has 0 atom stereocenters. The molecule has 0 fully saturated rings. The van der Waals surface area contributed by atoms with Crippen LogP contribution >= 0.6 is 0 Å². The van der Waals surface area contributed by atoms with Gasteiger partial charge in [-0.15, -0.1) is 0 Å². The number of nitrogens with zero attached hydrogens (tertiary/aromatic N) is 1. The van der Waals surface area contributed by atoms with Crippen molar-refractivity contribution in [3.63, 3.8) is 0 Å². The van der Waals surface area contributed by atoms with Crippen LogP contribution in [0.1, 0.15) is 30.7 Å². The number of aryl methyl sites for hydroxylation is 2. The van der Waals surface area contributed by atoms with E-state index in [2.05, 4.69) is 4.98 Å². The van der Waals surface area contributed by atoms with E-state index in [0.717, 1.165) is 27.8 Å². The lowest BCUT2D eigenvalue weighted by molar-refractivity contribution is -0.142. The quantitative estimate of drug-likeness (QED) is 0.932. The maximum Gasteiger partial charge on any atom is 0.315 e. The first-order valence-corrected chi connectivity index (χ1v) is 6.47. The lowest BCUT2D eigenvalue weighted by Crippen LogP contribution is -2.30. The van der Waals surface area contributed by atoms with Crippen LogP contribution in [0.25, 0.3) is 10.9 Å². The molecule has 1 aromatic heterocycles. The monoisotopic (exact) mass is 273 g/mol. The van der Waals surface area contributed by atoms with Crippen LogP contribution < -0.4 is 4.74 Å². The first kappa shape index (κ1) is 14.3. The molecule has 0 bridgehead atoms. The Labute approximate surface area is 118 Å². The van der Waals surface area contributed by atoms with E-state index in [9.17, 15) is 9.90 Å². The lowest BCUT2D eigenvalue weighted by atomic mass is 9.86. The first-order chi connectivity index (χ1) is 9.27. The molecule has 106 valence electrons. The third kappa shape index (κ3) is 2.22. The number of carboxylic acid groups (broad SMARTS) is 1. The summed E-state index contributed by atoms with van der Waals surface area (Å²) < 4.78 is 5.26. The Morgan fingerprint density at radius 3 is 2.40 bits per heavy atom. The molecule has 0 saturated heterocycles. The van der Waals surface area contributed by atoms with E-state index >= 15 is 0 Å². The molecule has 1 N–H and O–H groups in total. The van der Waals surface area contributed by atoms with Crippen LogP contribution in [0.4, 0.5) is 0 Å². The van der Waals surface area contributed by atoms with E-state index in [1.807, 2.05) is 32.0 Å². The third-order valence-electron chi connectivity index (χ3n) is 3.63. The fourth-order valence-corrected chi connectivity index (χ4v) is 2.39. The molecule has 2 rings (SSSR count). The van der Waals surface area contributed by atoms with Gasteiger partial charge in [-0.2, -0.15) is 0 Å². The number of methoxy groups -OCH3 is 1. The zero-order valence-corrected chi connectivity index (χ0v) is 12.4. The number of benzene rings is 1. The fraction of sp³-hybridized carbons (Fsp3) is 0.375. The van der Waals surface area contributed by atoms with E-state index in [0.29, 0.717) is 5.69 Å². The summed E-state index contributed by atoms with van der Waals surface area (Å²) in [5.74, 6) is -0.0972. The van der Waals surface area contributed by atoms with Crippen LogP contribution in [-0.2, 0) is 10.2 Å². The van der Waals surface area contributed by atoms with Crippen molar-refractivity contribution in [1.82, 2.24) is 4.98 Å². The normalized spacial score (nSPS) is 11.7. The minimum atomic E-state index is -1.01. The van der Waals surface area contributed by atoms with E-state index in [4.69, 9.17) is 4.74 Å². The highest BCUT2D eigenvalue weighted by Gasteiger charge is 2.32. The molecule has 0 aliphatic carbocycles. The third-order valence-corrected chi connectivity index (χ3v) is 3.63. The Balaban J connectivity index is 2.75. The molecule has 0 aliphatic rings. The highest BCUT2D eigenvalue weighted by Crippen LogP contribution is 2.30. The molecule has 4 heteroatoms. The van der Waals surface area contributed by atoms with Crippen molar-refractivity contribution in [2.75, 3.05) is 7.11 Å². The number of carboxylic acids is 1. The second-order valence-electron chi connectivity index (χ2n) is 5.60. The van der Waals surface area contributed by atoms with Crippen molar-refractivity contribution in [3.05, 3.63) is 35.0 Å². The Morgan fingerprint density at radius 2 is 1.85 bits per heavy atom. The van der Waals surface area contributed by atoms with E-state index in [1.165, 1.54) is 0 Å². The average Bonchev–Trinajstić information content (AvgIpc) is 2.37. The van der Waals surface area contributed by atoms with Gasteiger partial charge in [-0.3, -0.25) is 9.78 Å². The number of rotatable bonds is 3. The van der Waals surface area contributed by atoms with Crippen molar-refractivity contribution < 1.29 is 14.6 Å².